The van der Waals surface area contributed by atoms with Gasteiger partial charge in [0.25, 0.3) is 0 Å². The summed E-state index contributed by atoms with van der Waals surface area (Å²) in [5.74, 6) is 0. The zero-order chi connectivity index (χ0) is 4.12. The number of allylic oxidation sites excluding steroid dienone is 1. The van der Waals surface area contributed by atoms with Gasteiger partial charge >= 0.3 is 55.7 Å². The molecule has 0 fully saturated rings. The van der Waals surface area contributed by atoms with Crippen LogP contribution in [0.2, 0.25) is 0 Å². The maximum absolute atomic E-state index is 2.11. The van der Waals surface area contributed by atoms with Crippen LogP contribution in [0.1, 0.15) is 0 Å². The van der Waals surface area contributed by atoms with Gasteiger partial charge in [0.2, 0.25) is 0 Å². The molecule has 0 N–H and O–H groups in total. The molecule has 0 aliphatic carbocycles. The molecular weight excluding hydrogens is 320 g/mol. The van der Waals surface area contributed by atoms with E-state index in [2.05, 4.69) is 3.71 Å². The summed E-state index contributed by atoms with van der Waals surface area (Å²) in [4.78, 5) is 2.03. The van der Waals surface area contributed by atoms with Gasteiger partial charge in [-0.05, 0) is 0 Å². The van der Waals surface area contributed by atoms with Crippen LogP contribution >= 0.6 is 0 Å². The fourth-order valence-electron chi connectivity index (χ4n) is 0.0430. The van der Waals surface area contributed by atoms with E-state index in [9.17, 15) is 0 Å². The summed E-state index contributed by atoms with van der Waals surface area (Å²) >= 11 is 3.37. The van der Waals surface area contributed by atoms with Crippen LogP contribution in [0.25, 0.3) is 0 Å². The van der Waals surface area contributed by atoms with E-state index in [1.54, 1.807) is 0 Å². The van der Waals surface area contributed by atoms with Crippen LogP contribution in [0, 0.1) is 0 Å². The Labute approximate surface area is 55.5 Å². The average molecular weight is 324 g/mol. The Morgan fingerprint density at radius 2 is 2.20 bits per heavy atom. The van der Waals surface area contributed by atoms with Crippen molar-refractivity contribution >= 4 is 44.8 Å². The summed E-state index contributed by atoms with van der Waals surface area (Å²) in [5.41, 5.74) is 0. The van der Waals surface area contributed by atoms with Crippen LogP contribution < -0.4 is 0 Å². The summed E-state index contributed by atoms with van der Waals surface area (Å²) in [6.07, 6.45) is 2.05. The van der Waals surface area contributed by atoms with Crippen molar-refractivity contribution in [3.05, 3.63) is 10.9 Å². The SMILES string of the molecule is [AsH]C=C[CH]=[Bi]. The van der Waals surface area contributed by atoms with Gasteiger partial charge in [-0.1, -0.05) is 0 Å². The van der Waals surface area contributed by atoms with Crippen LogP contribution in [-0.2, 0) is 0 Å². The molecule has 2 heteroatoms. The van der Waals surface area contributed by atoms with E-state index in [0.717, 1.165) is 0 Å². The van der Waals surface area contributed by atoms with Gasteiger partial charge in [0, 0.05) is 0 Å². The van der Waals surface area contributed by atoms with E-state index in [-0.39, 0.29) is 0 Å². The Bertz CT molecular complexity index is 48.9. The van der Waals surface area contributed by atoms with Gasteiger partial charge in [0.1, 0.15) is 0 Å². The predicted molar refractivity (Wildman–Crippen MR) is 28.1 cm³/mol. The van der Waals surface area contributed by atoms with E-state index in [4.69, 9.17) is 0 Å². The van der Waals surface area contributed by atoms with Crippen LogP contribution in [0.15, 0.2) is 10.9 Å². The van der Waals surface area contributed by atoms with Crippen LogP contribution in [0.3, 0.4) is 0 Å². The first-order chi connectivity index (χ1) is 2.41. The van der Waals surface area contributed by atoms with Crippen molar-refractivity contribution < 1.29 is 0 Å². The molecule has 0 aromatic rings. The van der Waals surface area contributed by atoms with E-state index in [1.165, 1.54) is 24.2 Å². The zero-order valence-corrected chi connectivity index (χ0v) is 8.25. The van der Waals surface area contributed by atoms with E-state index in [1.807, 2.05) is 27.8 Å². The van der Waals surface area contributed by atoms with E-state index < -0.39 is 0 Å². The molecule has 0 unspecified atom stereocenters. The molecule has 0 nitrogen and oxygen atoms in total. The number of rotatable bonds is 1. The minimum atomic E-state index is 1.35. The Morgan fingerprint density at radius 3 is 2.20 bits per heavy atom. The van der Waals surface area contributed by atoms with Crippen molar-refractivity contribution in [3.8, 4) is 0 Å². The van der Waals surface area contributed by atoms with Crippen LogP contribution in [-0.4, -0.2) is 44.8 Å². The fourth-order valence-corrected chi connectivity index (χ4v) is 1.96. The minimum absolute atomic E-state index is 1.35. The number of hydrogen-bond donors (Lipinski definition) is 0. The molecule has 26 valence electrons. The fraction of sp³-hybridized carbons (Fsp3) is 0. The predicted octanol–water partition coefficient (Wildman–Crippen LogP) is -0.628. The van der Waals surface area contributed by atoms with Crippen LogP contribution in [0.5, 0.6) is 0 Å². The number of hydrogen-bond acceptors (Lipinski definition) is 0. The van der Waals surface area contributed by atoms with Gasteiger partial charge in [0.15, 0.2) is 0 Å². The summed E-state index contributed by atoms with van der Waals surface area (Å²) < 4.78 is 2.11. The Balaban J connectivity index is 2.92. The van der Waals surface area contributed by atoms with Crippen molar-refractivity contribution in [1.29, 1.82) is 0 Å². The van der Waals surface area contributed by atoms with Gasteiger partial charge in [0.05, 0.1) is 0 Å². The monoisotopic (exact) mass is 324 g/mol. The molecule has 0 aromatic heterocycles. The third-order valence-electron chi connectivity index (χ3n) is 0.182. The molecule has 0 saturated heterocycles. The molecule has 5 heavy (non-hydrogen) atoms. The molecule has 0 amide bonds. The molecule has 0 bridgehead atoms. The van der Waals surface area contributed by atoms with Crippen molar-refractivity contribution in [2.75, 3.05) is 0 Å². The quantitative estimate of drug-likeness (QED) is 0.564. The third kappa shape index (κ3) is 5.05. The molecule has 0 aliphatic heterocycles. The Morgan fingerprint density at radius 1 is 1.60 bits per heavy atom. The first-order valence-electron chi connectivity index (χ1n) is 1.21. The Kier molecular flexibility index (Phi) is 6.11. The van der Waals surface area contributed by atoms with Crippen molar-refractivity contribution in [3.63, 3.8) is 0 Å². The normalized spacial score (nSPS) is 9.00. The van der Waals surface area contributed by atoms with Gasteiger partial charge in [-0.15, -0.1) is 0 Å². The molecule has 0 aliphatic rings. The second kappa shape index (κ2) is 5.05. The maximum atomic E-state index is 2.11. The van der Waals surface area contributed by atoms with Crippen LogP contribution in [0.4, 0.5) is 0 Å². The molecule has 0 saturated carbocycles. The summed E-state index contributed by atoms with van der Waals surface area (Å²) in [5, 5.41) is 0. The second-order valence-electron chi connectivity index (χ2n) is 0.508. The molecular formula is C3H4AsBi. The topological polar surface area (TPSA) is 0 Å². The van der Waals surface area contributed by atoms with E-state index in [0.29, 0.717) is 0 Å². The van der Waals surface area contributed by atoms with Crippen molar-refractivity contribution in [2.45, 2.75) is 0 Å². The Hall–Kier alpha value is 1.05. The van der Waals surface area contributed by atoms with Gasteiger partial charge in [-0.2, -0.15) is 0 Å². The van der Waals surface area contributed by atoms with Crippen molar-refractivity contribution in [2.24, 2.45) is 0 Å². The summed E-state index contributed by atoms with van der Waals surface area (Å²) in [7, 11) is 0. The molecule has 0 rings (SSSR count). The van der Waals surface area contributed by atoms with Gasteiger partial charge in [-0.25, -0.2) is 0 Å². The van der Waals surface area contributed by atoms with Gasteiger partial charge in [-0.3, -0.25) is 0 Å². The first-order valence-corrected chi connectivity index (χ1v) is 4.43. The molecule has 0 spiro atoms. The van der Waals surface area contributed by atoms with E-state index >= 15 is 0 Å². The van der Waals surface area contributed by atoms with Crippen molar-refractivity contribution in [1.82, 2.24) is 0 Å². The third-order valence-corrected chi connectivity index (χ3v) is 1.26. The first kappa shape index (κ1) is 6.05. The standard InChI is InChI=1S/C3H4As.Bi/c1-2-3-4;/h1-4H;. The second-order valence-corrected chi connectivity index (χ2v) is 2.37. The zero-order valence-electron chi connectivity index (χ0n) is 2.68. The molecule has 0 atom stereocenters. The van der Waals surface area contributed by atoms with Gasteiger partial charge < -0.3 is 0 Å². The molecule has 0 heterocycles. The molecule has 0 aromatic carbocycles. The summed E-state index contributed by atoms with van der Waals surface area (Å²) in [6.45, 7) is 0. The summed E-state index contributed by atoms with van der Waals surface area (Å²) in [6, 6.07) is 0. The molecule has 2 radical (unpaired) electrons. The average Bonchev–Trinajstić information content (AvgIpc) is 1.41.